The molecule has 0 aromatic heterocycles. The van der Waals surface area contributed by atoms with Gasteiger partial charge in [-0.3, -0.25) is 9.59 Å². The Morgan fingerprint density at radius 3 is 2.58 bits per heavy atom. The molecule has 1 aliphatic heterocycles. The van der Waals surface area contributed by atoms with E-state index < -0.39 is 0 Å². The van der Waals surface area contributed by atoms with Crippen LogP contribution in [0.1, 0.15) is 78.6 Å². The van der Waals surface area contributed by atoms with Gasteiger partial charge in [-0.15, -0.1) is 0 Å². The van der Waals surface area contributed by atoms with Crippen LogP contribution >= 0.6 is 0 Å². The minimum Gasteiger partial charge on any atom is -0.458 e. The molecule has 1 spiro atoms. The molecule has 1 saturated heterocycles. The van der Waals surface area contributed by atoms with Crippen LogP contribution in [-0.2, 0) is 14.3 Å². The van der Waals surface area contributed by atoms with Gasteiger partial charge in [0.05, 0.1) is 0 Å². The maximum Gasteiger partial charge on any atom is 0.306 e. The van der Waals surface area contributed by atoms with Crippen LogP contribution in [0.4, 0.5) is 0 Å². The predicted molar refractivity (Wildman–Crippen MR) is 99.3 cm³/mol. The van der Waals surface area contributed by atoms with E-state index in [1.54, 1.807) is 0 Å². The fourth-order valence-corrected chi connectivity index (χ4v) is 8.54. The first kappa shape index (κ1) is 17.0. The maximum absolute atomic E-state index is 12.0. The highest BCUT2D eigenvalue weighted by atomic mass is 16.6. The summed E-state index contributed by atoms with van der Waals surface area (Å²) >= 11 is 0. The fraction of sp³-hybridized carbons (Fsp3) is 0.826. The molecule has 0 bridgehead atoms. The highest BCUT2D eigenvalue weighted by Crippen LogP contribution is 2.70. The summed E-state index contributed by atoms with van der Waals surface area (Å²) in [5.74, 6) is 3.05. The van der Waals surface area contributed by atoms with Gasteiger partial charge in [0.25, 0.3) is 0 Å². The van der Waals surface area contributed by atoms with Crippen LogP contribution in [0.3, 0.4) is 0 Å². The summed E-state index contributed by atoms with van der Waals surface area (Å²) in [4.78, 5) is 24.0. The second-order valence-corrected chi connectivity index (χ2v) is 10.5. The standard InChI is InChI=1S/C23H32O3/c1-14-13-22(3)18(7-10-23(22)11-8-19(25)26-23)17-5-4-15-12-16(24)6-9-21(15,2)20(14)17/h12,14,17-18,20H,4-11,13H2,1-3H3/t14-,17?,18?,20?,21?,22?,23?/m1/s1. The number of ketones is 1. The lowest BCUT2D eigenvalue weighted by Gasteiger charge is -2.61. The Morgan fingerprint density at radius 2 is 1.85 bits per heavy atom. The topological polar surface area (TPSA) is 43.4 Å². The van der Waals surface area contributed by atoms with Crippen molar-refractivity contribution in [3.05, 3.63) is 11.6 Å². The Morgan fingerprint density at radius 1 is 1.04 bits per heavy atom. The lowest BCUT2D eigenvalue weighted by Crippen LogP contribution is -2.57. The number of hydrogen-bond donors (Lipinski definition) is 0. The predicted octanol–water partition coefficient (Wildman–Crippen LogP) is 4.84. The van der Waals surface area contributed by atoms with Crippen molar-refractivity contribution in [1.29, 1.82) is 0 Å². The second-order valence-electron chi connectivity index (χ2n) is 10.5. The van der Waals surface area contributed by atoms with Crippen LogP contribution in [0.15, 0.2) is 11.6 Å². The largest absolute Gasteiger partial charge is 0.458 e. The van der Waals surface area contributed by atoms with Crippen molar-refractivity contribution >= 4 is 11.8 Å². The van der Waals surface area contributed by atoms with Gasteiger partial charge in [0.2, 0.25) is 0 Å². The molecule has 0 aromatic rings. The number of rotatable bonds is 0. The second kappa shape index (κ2) is 5.23. The number of carbonyl (C=O) groups excluding carboxylic acids is 2. The first-order valence-electron chi connectivity index (χ1n) is 10.7. The fourth-order valence-electron chi connectivity index (χ4n) is 8.54. The summed E-state index contributed by atoms with van der Waals surface area (Å²) in [6.07, 6.45) is 11.0. The van der Waals surface area contributed by atoms with Gasteiger partial charge in [-0.1, -0.05) is 26.3 Å². The van der Waals surface area contributed by atoms with E-state index in [9.17, 15) is 9.59 Å². The summed E-state index contributed by atoms with van der Waals surface area (Å²) in [5, 5.41) is 0. The molecule has 6 unspecified atom stereocenters. The lowest BCUT2D eigenvalue weighted by molar-refractivity contribution is -0.174. The number of fused-ring (bicyclic) bond motifs is 6. The molecular weight excluding hydrogens is 324 g/mol. The number of carbonyl (C=O) groups is 2. The summed E-state index contributed by atoms with van der Waals surface area (Å²) in [5.41, 5.74) is 1.60. The number of esters is 1. The van der Waals surface area contributed by atoms with Crippen LogP contribution in [0.5, 0.6) is 0 Å². The Bertz CT molecular complexity index is 708. The molecule has 26 heavy (non-hydrogen) atoms. The van der Waals surface area contributed by atoms with E-state index in [1.165, 1.54) is 24.8 Å². The summed E-state index contributed by atoms with van der Waals surface area (Å²) < 4.78 is 6.06. The Labute approximate surface area is 156 Å². The van der Waals surface area contributed by atoms with E-state index in [2.05, 4.69) is 20.8 Å². The molecule has 0 aromatic carbocycles. The van der Waals surface area contributed by atoms with Crippen molar-refractivity contribution in [2.45, 2.75) is 84.2 Å². The molecule has 0 amide bonds. The maximum atomic E-state index is 12.0. The van der Waals surface area contributed by atoms with E-state index >= 15 is 0 Å². The molecular formula is C23H32O3. The molecule has 7 atom stereocenters. The van der Waals surface area contributed by atoms with Crippen LogP contribution in [0.25, 0.3) is 0 Å². The smallest absolute Gasteiger partial charge is 0.306 e. The van der Waals surface area contributed by atoms with Crippen molar-refractivity contribution in [3.63, 3.8) is 0 Å². The Kier molecular flexibility index (Phi) is 3.42. The molecule has 3 heteroatoms. The minimum absolute atomic E-state index is 0.0215. The molecule has 3 saturated carbocycles. The van der Waals surface area contributed by atoms with Crippen LogP contribution in [-0.4, -0.2) is 17.4 Å². The third-order valence-electron chi connectivity index (χ3n) is 9.54. The van der Waals surface area contributed by atoms with Crippen LogP contribution < -0.4 is 0 Å². The SMILES string of the molecule is C[C@@H]1CC2(C)C(CCC23CCC(=O)O3)C2CCC3=CC(=O)CCC3(C)C21. The van der Waals surface area contributed by atoms with Crippen LogP contribution in [0, 0.1) is 34.5 Å². The van der Waals surface area contributed by atoms with Gasteiger partial charge >= 0.3 is 5.97 Å². The van der Waals surface area contributed by atoms with E-state index in [4.69, 9.17) is 4.74 Å². The van der Waals surface area contributed by atoms with Gasteiger partial charge in [-0.25, -0.2) is 0 Å². The molecule has 4 fully saturated rings. The van der Waals surface area contributed by atoms with Crippen molar-refractivity contribution in [3.8, 4) is 0 Å². The van der Waals surface area contributed by atoms with E-state index in [1.807, 2.05) is 6.08 Å². The van der Waals surface area contributed by atoms with Gasteiger partial charge in [-0.2, -0.15) is 0 Å². The average molecular weight is 357 g/mol. The van der Waals surface area contributed by atoms with Gasteiger partial charge in [0, 0.05) is 18.3 Å². The van der Waals surface area contributed by atoms with Crippen molar-refractivity contribution in [2.75, 3.05) is 0 Å². The van der Waals surface area contributed by atoms with Crippen molar-refractivity contribution in [2.24, 2.45) is 34.5 Å². The molecule has 5 aliphatic rings. The third kappa shape index (κ3) is 1.95. The average Bonchev–Trinajstić information content (AvgIpc) is 3.09. The number of allylic oxidation sites excluding steroid dienone is 1. The molecule has 3 nitrogen and oxygen atoms in total. The zero-order chi connectivity index (χ0) is 18.3. The van der Waals surface area contributed by atoms with Gasteiger partial charge in [0.15, 0.2) is 5.78 Å². The highest BCUT2D eigenvalue weighted by molar-refractivity contribution is 5.91. The summed E-state index contributed by atoms with van der Waals surface area (Å²) in [6, 6.07) is 0. The van der Waals surface area contributed by atoms with Crippen molar-refractivity contribution in [1.82, 2.24) is 0 Å². The first-order chi connectivity index (χ1) is 12.3. The van der Waals surface area contributed by atoms with E-state index in [0.29, 0.717) is 30.0 Å². The Balaban J connectivity index is 1.53. The summed E-state index contributed by atoms with van der Waals surface area (Å²) in [7, 11) is 0. The Hall–Kier alpha value is -1.12. The van der Waals surface area contributed by atoms with Gasteiger partial charge in [0.1, 0.15) is 5.60 Å². The first-order valence-corrected chi connectivity index (χ1v) is 10.7. The number of hydrogen-bond acceptors (Lipinski definition) is 3. The van der Waals surface area contributed by atoms with Crippen LogP contribution in [0.2, 0.25) is 0 Å². The zero-order valence-electron chi connectivity index (χ0n) is 16.5. The van der Waals surface area contributed by atoms with Gasteiger partial charge < -0.3 is 4.74 Å². The van der Waals surface area contributed by atoms with E-state index in [0.717, 1.165) is 38.0 Å². The minimum atomic E-state index is -0.187. The summed E-state index contributed by atoms with van der Waals surface area (Å²) in [6.45, 7) is 7.32. The highest BCUT2D eigenvalue weighted by Gasteiger charge is 2.68. The zero-order valence-corrected chi connectivity index (χ0v) is 16.5. The number of ether oxygens (including phenoxy) is 1. The molecule has 142 valence electrons. The quantitative estimate of drug-likeness (QED) is 0.583. The lowest BCUT2D eigenvalue weighted by atomic mass is 9.44. The molecule has 0 radical (unpaired) electrons. The normalized spacial score (nSPS) is 53.0. The monoisotopic (exact) mass is 356 g/mol. The van der Waals surface area contributed by atoms with Crippen molar-refractivity contribution < 1.29 is 14.3 Å². The molecule has 5 rings (SSSR count). The van der Waals surface area contributed by atoms with Gasteiger partial charge in [-0.05, 0) is 80.1 Å². The molecule has 4 aliphatic carbocycles. The third-order valence-corrected chi connectivity index (χ3v) is 9.54. The van der Waals surface area contributed by atoms with E-state index in [-0.39, 0.29) is 22.4 Å². The molecule has 1 heterocycles. The molecule has 0 N–H and O–H groups in total.